The fraction of sp³-hybridized carbons (Fsp3) is 0.333. The molecule has 0 aliphatic carbocycles. The van der Waals surface area contributed by atoms with E-state index in [0.717, 1.165) is 32.7 Å². The Labute approximate surface area is 154 Å². The normalized spacial score (nSPS) is 17.3. The van der Waals surface area contributed by atoms with E-state index in [-0.39, 0.29) is 6.17 Å². The summed E-state index contributed by atoms with van der Waals surface area (Å²) in [7, 11) is 0. The van der Waals surface area contributed by atoms with Crippen LogP contribution in [0.3, 0.4) is 0 Å². The fourth-order valence-electron chi connectivity index (χ4n) is 3.72. The summed E-state index contributed by atoms with van der Waals surface area (Å²) in [6, 6.07) is 14.8. The number of piperazine rings is 1. The van der Waals surface area contributed by atoms with E-state index in [0.29, 0.717) is 0 Å². The molecule has 2 aromatic heterocycles. The Kier molecular flexibility index (Phi) is 5.09. The molecule has 5 heteroatoms. The molecule has 1 aliphatic rings. The quantitative estimate of drug-likeness (QED) is 0.711. The van der Waals surface area contributed by atoms with Crippen molar-refractivity contribution in [3.8, 4) is 0 Å². The van der Waals surface area contributed by atoms with Crippen molar-refractivity contribution in [1.29, 1.82) is 0 Å². The molecule has 0 N–H and O–H groups in total. The van der Waals surface area contributed by atoms with Gasteiger partial charge < -0.3 is 0 Å². The van der Waals surface area contributed by atoms with Crippen LogP contribution in [0, 0.1) is 6.92 Å². The molecule has 1 saturated heterocycles. The standard InChI is InChI=1S/C21H25N5/c1-18-6-2-3-8-20(18)21(26-11-5-10-23-26)25-14-12-24(13-15-25)17-19-7-4-9-22-16-19/h2-11,16,21H,12-15,17H2,1H3. The molecule has 0 amide bonds. The SMILES string of the molecule is Cc1ccccc1C(N1CCN(Cc2cccnc2)CC1)n1cccn1. The summed E-state index contributed by atoms with van der Waals surface area (Å²) < 4.78 is 2.08. The van der Waals surface area contributed by atoms with Gasteiger partial charge in [0.2, 0.25) is 0 Å². The Bertz CT molecular complexity index is 807. The number of hydrogen-bond acceptors (Lipinski definition) is 4. The minimum Gasteiger partial charge on any atom is -0.296 e. The van der Waals surface area contributed by atoms with Gasteiger partial charge in [0.25, 0.3) is 0 Å². The zero-order valence-corrected chi connectivity index (χ0v) is 15.2. The number of pyridine rings is 1. The molecule has 1 aliphatic heterocycles. The minimum atomic E-state index is 0.159. The highest BCUT2D eigenvalue weighted by atomic mass is 15.4. The molecule has 1 atom stereocenters. The van der Waals surface area contributed by atoms with Crippen LogP contribution in [0.25, 0.3) is 0 Å². The van der Waals surface area contributed by atoms with E-state index in [9.17, 15) is 0 Å². The van der Waals surface area contributed by atoms with E-state index >= 15 is 0 Å². The second kappa shape index (κ2) is 7.81. The Morgan fingerprint density at radius 1 is 0.962 bits per heavy atom. The number of aryl methyl sites for hydroxylation is 1. The number of benzene rings is 1. The predicted octanol–water partition coefficient (Wildman–Crippen LogP) is 2.95. The van der Waals surface area contributed by atoms with Crippen molar-refractivity contribution < 1.29 is 0 Å². The summed E-state index contributed by atoms with van der Waals surface area (Å²) in [5, 5.41) is 4.55. The van der Waals surface area contributed by atoms with Crippen LogP contribution < -0.4 is 0 Å². The van der Waals surface area contributed by atoms with E-state index in [1.54, 1.807) is 0 Å². The average Bonchev–Trinajstić information content (AvgIpc) is 3.20. The molecule has 0 spiro atoms. The van der Waals surface area contributed by atoms with Crippen LogP contribution in [0.5, 0.6) is 0 Å². The van der Waals surface area contributed by atoms with Crippen LogP contribution in [0.4, 0.5) is 0 Å². The van der Waals surface area contributed by atoms with Crippen LogP contribution in [0.2, 0.25) is 0 Å². The van der Waals surface area contributed by atoms with Crippen LogP contribution >= 0.6 is 0 Å². The molecule has 3 aromatic rings. The van der Waals surface area contributed by atoms with Crippen LogP contribution in [-0.2, 0) is 6.54 Å². The molecule has 0 bridgehead atoms. The van der Waals surface area contributed by atoms with Crippen molar-refractivity contribution in [2.24, 2.45) is 0 Å². The van der Waals surface area contributed by atoms with E-state index < -0.39 is 0 Å². The molecule has 1 aromatic carbocycles. The number of aromatic nitrogens is 3. The van der Waals surface area contributed by atoms with Crippen LogP contribution in [0.1, 0.15) is 22.9 Å². The maximum absolute atomic E-state index is 4.55. The highest BCUT2D eigenvalue weighted by Crippen LogP contribution is 2.26. The monoisotopic (exact) mass is 347 g/mol. The number of nitrogens with zero attached hydrogens (tertiary/aromatic N) is 5. The zero-order chi connectivity index (χ0) is 17.8. The van der Waals surface area contributed by atoms with Crippen molar-refractivity contribution in [1.82, 2.24) is 24.6 Å². The molecule has 1 unspecified atom stereocenters. The summed E-state index contributed by atoms with van der Waals surface area (Å²) in [5.74, 6) is 0. The van der Waals surface area contributed by atoms with Gasteiger partial charge in [-0.05, 0) is 35.7 Å². The lowest BCUT2D eigenvalue weighted by Crippen LogP contribution is -2.48. The first kappa shape index (κ1) is 16.9. The summed E-state index contributed by atoms with van der Waals surface area (Å²) >= 11 is 0. The minimum absolute atomic E-state index is 0.159. The highest BCUT2D eigenvalue weighted by Gasteiger charge is 2.27. The Balaban J connectivity index is 1.49. The van der Waals surface area contributed by atoms with Crippen molar-refractivity contribution in [3.63, 3.8) is 0 Å². The third-order valence-electron chi connectivity index (χ3n) is 5.12. The van der Waals surface area contributed by atoms with Gasteiger partial charge in [-0.2, -0.15) is 5.10 Å². The lowest BCUT2D eigenvalue weighted by atomic mass is 10.0. The molecule has 26 heavy (non-hydrogen) atoms. The van der Waals surface area contributed by atoms with Crippen molar-refractivity contribution in [2.75, 3.05) is 26.2 Å². The van der Waals surface area contributed by atoms with Gasteiger partial charge in [-0.15, -0.1) is 0 Å². The van der Waals surface area contributed by atoms with E-state index in [1.807, 2.05) is 30.7 Å². The average molecular weight is 347 g/mol. The first-order valence-electron chi connectivity index (χ1n) is 9.21. The molecule has 134 valence electrons. The molecular formula is C21H25N5. The lowest BCUT2D eigenvalue weighted by molar-refractivity contribution is 0.0739. The van der Waals surface area contributed by atoms with Gasteiger partial charge in [0.05, 0.1) is 0 Å². The highest BCUT2D eigenvalue weighted by molar-refractivity contribution is 5.29. The second-order valence-electron chi connectivity index (χ2n) is 6.89. The Hall–Kier alpha value is -2.50. The smallest absolute Gasteiger partial charge is 0.130 e. The van der Waals surface area contributed by atoms with E-state index in [2.05, 4.69) is 68.0 Å². The topological polar surface area (TPSA) is 37.2 Å². The summed E-state index contributed by atoms with van der Waals surface area (Å²) in [5.41, 5.74) is 3.92. The predicted molar refractivity (Wildman–Crippen MR) is 103 cm³/mol. The second-order valence-corrected chi connectivity index (χ2v) is 6.89. The molecule has 4 rings (SSSR count). The third kappa shape index (κ3) is 3.69. The molecule has 3 heterocycles. The van der Waals surface area contributed by atoms with Crippen molar-refractivity contribution >= 4 is 0 Å². The number of hydrogen-bond donors (Lipinski definition) is 0. The third-order valence-corrected chi connectivity index (χ3v) is 5.12. The van der Waals surface area contributed by atoms with Gasteiger partial charge in [-0.25, -0.2) is 0 Å². The van der Waals surface area contributed by atoms with Gasteiger partial charge >= 0.3 is 0 Å². The van der Waals surface area contributed by atoms with Crippen LogP contribution in [0.15, 0.2) is 67.3 Å². The van der Waals surface area contributed by atoms with E-state index in [1.165, 1.54) is 16.7 Å². The molecule has 0 radical (unpaired) electrons. The zero-order valence-electron chi connectivity index (χ0n) is 15.2. The number of rotatable bonds is 5. The first-order chi connectivity index (χ1) is 12.8. The molecule has 0 saturated carbocycles. The maximum Gasteiger partial charge on any atom is 0.130 e. The molecule has 1 fully saturated rings. The van der Waals surface area contributed by atoms with Crippen molar-refractivity contribution in [2.45, 2.75) is 19.6 Å². The van der Waals surface area contributed by atoms with Gasteiger partial charge in [0.15, 0.2) is 0 Å². The molecular weight excluding hydrogens is 322 g/mol. The van der Waals surface area contributed by atoms with Gasteiger partial charge in [0, 0.05) is 57.5 Å². The van der Waals surface area contributed by atoms with Gasteiger partial charge in [0.1, 0.15) is 6.17 Å². The largest absolute Gasteiger partial charge is 0.296 e. The first-order valence-corrected chi connectivity index (χ1v) is 9.21. The Morgan fingerprint density at radius 3 is 2.50 bits per heavy atom. The summed E-state index contributed by atoms with van der Waals surface area (Å²) in [6.07, 6.45) is 7.89. The molecule has 5 nitrogen and oxygen atoms in total. The van der Waals surface area contributed by atoms with Gasteiger partial charge in [-0.1, -0.05) is 30.3 Å². The lowest BCUT2D eigenvalue weighted by Gasteiger charge is -2.39. The van der Waals surface area contributed by atoms with E-state index in [4.69, 9.17) is 0 Å². The summed E-state index contributed by atoms with van der Waals surface area (Å²) in [6.45, 7) is 7.32. The van der Waals surface area contributed by atoms with Gasteiger partial charge in [-0.3, -0.25) is 19.5 Å². The van der Waals surface area contributed by atoms with Crippen molar-refractivity contribution in [3.05, 3.63) is 83.9 Å². The Morgan fingerprint density at radius 2 is 1.81 bits per heavy atom. The maximum atomic E-state index is 4.55. The summed E-state index contributed by atoms with van der Waals surface area (Å²) in [4.78, 5) is 9.27. The van der Waals surface area contributed by atoms with Crippen LogP contribution in [-0.4, -0.2) is 50.7 Å². The fourth-order valence-corrected chi connectivity index (χ4v) is 3.72.